The van der Waals surface area contributed by atoms with Crippen molar-refractivity contribution in [2.45, 2.75) is 42.0 Å². The molecule has 4 aromatic rings. The molecule has 7 nitrogen and oxygen atoms in total. The lowest BCUT2D eigenvalue weighted by Gasteiger charge is -2.18. The van der Waals surface area contributed by atoms with Gasteiger partial charge >= 0.3 is 6.18 Å². The number of H-pyrrole nitrogens is 2. The highest BCUT2D eigenvalue weighted by atomic mass is 35.5. The zero-order valence-corrected chi connectivity index (χ0v) is 19.5. The van der Waals surface area contributed by atoms with E-state index in [-0.39, 0.29) is 16.9 Å². The first-order valence-electron chi connectivity index (χ1n) is 10.6. The van der Waals surface area contributed by atoms with Crippen LogP contribution in [0.1, 0.15) is 24.7 Å². The standard InChI is InChI=1S/C22H20ClF3N6OS/c1-2-13-18(23)17-19(29-13)30-21(31-20(17)32-6-5-10(27)9-32)34-11-3-4-14-12(7-11)15(33)8-16(28-14)22(24,25)26/h3-4,7-8,10H,2,5-6,9,27H2,1H3,(H,28,33)(H,29,30,31)/t10-/m1/s1. The second-order valence-electron chi connectivity index (χ2n) is 8.17. The molecule has 0 bridgehead atoms. The topological polar surface area (TPSA) is 104 Å². The van der Waals surface area contributed by atoms with Gasteiger partial charge in [0.1, 0.15) is 17.2 Å². The molecule has 5 rings (SSSR count). The quantitative estimate of drug-likeness (QED) is 0.345. The molecule has 1 saturated heterocycles. The number of nitrogens with two attached hydrogens (primary N) is 1. The van der Waals surface area contributed by atoms with Crippen molar-refractivity contribution in [1.82, 2.24) is 19.9 Å². The van der Waals surface area contributed by atoms with E-state index in [1.54, 1.807) is 6.07 Å². The summed E-state index contributed by atoms with van der Waals surface area (Å²) in [6.45, 7) is 3.38. The number of rotatable bonds is 4. The van der Waals surface area contributed by atoms with Gasteiger partial charge in [0.25, 0.3) is 0 Å². The number of benzene rings is 1. The SMILES string of the molecule is CCc1[nH]c2nc(Sc3ccc4[nH]c(C(F)(F)F)cc(=O)c4c3)nc(N3CC[C@@H](N)C3)c2c1Cl. The molecule has 4 N–H and O–H groups in total. The molecule has 0 aliphatic carbocycles. The van der Waals surface area contributed by atoms with Gasteiger partial charge in [-0.15, -0.1) is 0 Å². The third kappa shape index (κ3) is 4.12. The fraction of sp³-hybridized carbons (Fsp3) is 0.318. The Bertz CT molecular complexity index is 1470. The number of nitrogens with zero attached hydrogens (tertiary/aromatic N) is 3. The number of halogens is 4. The van der Waals surface area contributed by atoms with Gasteiger partial charge in [-0.25, -0.2) is 9.97 Å². The lowest BCUT2D eigenvalue weighted by molar-refractivity contribution is -0.141. The van der Waals surface area contributed by atoms with Crippen LogP contribution in [0.5, 0.6) is 0 Å². The summed E-state index contributed by atoms with van der Waals surface area (Å²) in [6, 6.07) is 5.23. The van der Waals surface area contributed by atoms with Gasteiger partial charge in [-0.1, -0.05) is 18.5 Å². The molecular weight excluding hydrogens is 489 g/mol. The summed E-state index contributed by atoms with van der Waals surface area (Å²) in [5.41, 5.74) is 5.88. The molecule has 178 valence electrons. The van der Waals surface area contributed by atoms with Crippen molar-refractivity contribution in [2.75, 3.05) is 18.0 Å². The molecule has 0 spiro atoms. The van der Waals surface area contributed by atoms with E-state index < -0.39 is 17.3 Å². The van der Waals surface area contributed by atoms with Gasteiger partial charge in [-0.3, -0.25) is 4.79 Å². The fourth-order valence-electron chi connectivity index (χ4n) is 4.12. The maximum Gasteiger partial charge on any atom is 0.431 e. The van der Waals surface area contributed by atoms with E-state index in [4.69, 9.17) is 22.3 Å². The van der Waals surface area contributed by atoms with E-state index in [1.165, 1.54) is 23.9 Å². The number of hydrogen-bond donors (Lipinski definition) is 3. The van der Waals surface area contributed by atoms with Gasteiger partial charge in [-0.05, 0) is 42.8 Å². The Morgan fingerprint density at radius 3 is 2.74 bits per heavy atom. The van der Waals surface area contributed by atoms with Gasteiger partial charge in [0.05, 0.1) is 10.4 Å². The van der Waals surface area contributed by atoms with E-state index >= 15 is 0 Å². The Kier molecular flexibility index (Phi) is 5.73. The second kappa shape index (κ2) is 8.47. The van der Waals surface area contributed by atoms with E-state index in [1.807, 2.05) is 6.92 Å². The van der Waals surface area contributed by atoms with Crippen molar-refractivity contribution in [3.63, 3.8) is 0 Å². The molecule has 4 heterocycles. The predicted octanol–water partition coefficient (Wildman–Crippen LogP) is 4.72. The van der Waals surface area contributed by atoms with E-state index in [0.29, 0.717) is 45.6 Å². The van der Waals surface area contributed by atoms with Crippen LogP contribution in [0.2, 0.25) is 5.02 Å². The number of anilines is 1. The summed E-state index contributed by atoms with van der Waals surface area (Å²) < 4.78 is 39.1. The maximum absolute atomic E-state index is 13.0. The minimum absolute atomic E-state index is 0.0401. The smallest absolute Gasteiger partial charge is 0.354 e. The molecule has 1 atom stereocenters. The monoisotopic (exact) mass is 508 g/mol. The molecule has 0 unspecified atom stereocenters. The summed E-state index contributed by atoms with van der Waals surface area (Å²) in [4.78, 5) is 30.0. The molecule has 12 heteroatoms. The van der Waals surface area contributed by atoms with Gasteiger partial charge < -0.3 is 20.6 Å². The van der Waals surface area contributed by atoms with Crippen LogP contribution < -0.4 is 16.1 Å². The molecular formula is C22H20ClF3N6OS. The number of aromatic amines is 2. The van der Waals surface area contributed by atoms with Gasteiger partial charge in [0, 0.05) is 46.7 Å². The highest BCUT2D eigenvalue weighted by molar-refractivity contribution is 7.99. The minimum atomic E-state index is -4.63. The average Bonchev–Trinajstić information content (AvgIpc) is 3.36. The highest BCUT2D eigenvalue weighted by Crippen LogP contribution is 2.38. The molecule has 1 aromatic carbocycles. The fourth-order valence-corrected chi connectivity index (χ4v) is 5.26. The lowest BCUT2D eigenvalue weighted by atomic mass is 10.2. The lowest BCUT2D eigenvalue weighted by Crippen LogP contribution is -2.27. The van der Waals surface area contributed by atoms with Crippen molar-refractivity contribution in [1.29, 1.82) is 0 Å². The normalized spacial score (nSPS) is 16.8. The molecule has 1 aliphatic rings. The van der Waals surface area contributed by atoms with E-state index in [9.17, 15) is 18.0 Å². The van der Waals surface area contributed by atoms with E-state index in [0.717, 1.165) is 24.0 Å². The second-order valence-corrected chi connectivity index (χ2v) is 9.59. The van der Waals surface area contributed by atoms with Gasteiger partial charge in [0.15, 0.2) is 10.6 Å². The summed E-state index contributed by atoms with van der Waals surface area (Å²) >= 11 is 7.84. The molecule has 1 aliphatic heterocycles. The van der Waals surface area contributed by atoms with Crippen molar-refractivity contribution >= 4 is 51.1 Å². The number of alkyl halides is 3. The number of hydrogen-bond acceptors (Lipinski definition) is 6. The maximum atomic E-state index is 13.0. The van der Waals surface area contributed by atoms with Crippen molar-refractivity contribution in [3.05, 3.63) is 50.9 Å². The van der Waals surface area contributed by atoms with Crippen LogP contribution in [-0.4, -0.2) is 39.1 Å². The molecule has 0 radical (unpaired) electrons. The first-order chi connectivity index (χ1) is 16.1. The number of aromatic nitrogens is 4. The van der Waals surface area contributed by atoms with Crippen LogP contribution in [0.4, 0.5) is 19.0 Å². The molecule has 0 amide bonds. The molecule has 3 aromatic heterocycles. The average molecular weight is 509 g/mol. The van der Waals surface area contributed by atoms with Crippen LogP contribution >= 0.6 is 23.4 Å². The molecule has 0 saturated carbocycles. The predicted molar refractivity (Wildman–Crippen MR) is 127 cm³/mol. The summed E-state index contributed by atoms with van der Waals surface area (Å²) in [7, 11) is 0. The van der Waals surface area contributed by atoms with Crippen molar-refractivity contribution in [2.24, 2.45) is 5.73 Å². The summed E-state index contributed by atoms with van der Waals surface area (Å²) in [6.07, 6.45) is -3.10. The van der Waals surface area contributed by atoms with E-state index in [2.05, 4.69) is 19.9 Å². The zero-order chi connectivity index (χ0) is 24.2. The number of nitrogens with one attached hydrogen (secondary N) is 2. The van der Waals surface area contributed by atoms with Gasteiger partial charge in [0.2, 0.25) is 0 Å². The Labute approximate surface area is 200 Å². The Morgan fingerprint density at radius 1 is 1.26 bits per heavy atom. The third-order valence-corrected chi connectivity index (χ3v) is 7.09. The van der Waals surface area contributed by atoms with Crippen LogP contribution in [-0.2, 0) is 12.6 Å². The largest absolute Gasteiger partial charge is 0.431 e. The van der Waals surface area contributed by atoms with Crippen LogP contribution in [0.15, 0.2) is 39.1 Å². The number of aryl methyl sites for hydroxylation is 1. The van der Waals surface area contributed by atoms with Crippen LogP contribution in [0, 0.1) is 0 Å². The molecule has 34 heavy (non-hydrogen) atoms. The number of pyridine rings is 1. The third-order valence-electron chi connectivity index (χ3n) is 5.82. The van der Waals surface area contributed by atoms with Crippen molar-refractivity contribution in [3.8, 4) is 0 Å². The Balaban J connectivity index is 1.57. The Morgan fingerprint density at radius 2 is 2.06 bits per heavy atom. The first-order valence-corrected chi connectivity index (χ1v) is 11.8. The van der Waals surface area contributed by atoms with Crippen LogP contribution in [0.3, 0.4) is 0 Å². The zero-order valence-electron chi connectivity index (χ0n) is 18.0. The Hall–Kier alpha value is -2.76. The first kappa shape index (κ1) is 23.0. The van der Waals surface area contributed by atoms with Gasteiger partial charge in [-0.2, -0.15) is 13.2 Å². The summed E-state index contributed by atoms with van der Waals surface area (Å²) in [5, 5.41) is 1.90. The summed E-state index contributed by atoms with van der Waals surface area (Å²) in [5.74, 6) is 0.690. The van der Waals surface area contributed by atoms with Crippen molar-refractivity contribution < 1.29 is 13.2 Å². The molecule has 1 fully saturated rings. The highest BCUT2D eigenvalue weighted by Gasteiger charge is 2.32. The minimum Gasteiger partial charge on any atom is -0.354 e. The number of fused-ring (bicyclic) bond motifs is 2. The van der Waals surface area contributed by atoms with Crippen LogP contribution in [0.25, 0.3) is 21.9 Å².